The van der Waals surface area contributed by atoms with Crippen LogP contribution in [0.4, 0.5) is 0 Å². The Hall–Kier alpha value is -1.18. The molecule has 0 amide bonds. The maximum absolute atomic E-state index is 11.7. The summed E-state index contributed by atoms with van der Waals surface area (Å²) in [5.41, 5.74) is 0.490. The summed E-state index contributed by atoms with van der Waals surface area (Å²) in [4.78, 5) is 23.5. The van der Waals surface area contributed by atoms with E-state index in [1.165, 1.54) is 0 Å². The molecule has 13 heavy (non-hydrogen) atoms. The number of allylic oxidation sites excluding steroid dienone is 4. The average Bonchev–Trinajstić information content (AvgIpc) is 2.30. The van der Waals surface area contributed by atoms with E-state index in [9.17, 15) is 9.59 Å². The highest BCUT2D eigenvalue weighted by atomic mass is 16.2. The molecule has 68 valence electrons. The third kappa shape index (κ3) is 0.947. The molecule has 0 aromatic rings. The van der Waals surface area contributed by atoms with Crippen LogP contribution in [0.1, 0.15) is 26.7 Å². The van der Waals surface area contributed by atoms with Crippen molar-refractivity contribution in [1.82, 2.24) is 0 Å². The molecule has 0 aromatic heterocycles. The van der Waals surface area contributed by atoms with Gasteiger partial charge in [-0.1, -0.05) is 12.2 Å². The Bertz CT molecular complexity index is 322. The van der Waals surface area contributed by atoms with Crippen LogP contribution in [0.5, 0.6) is 0 Å². The summed E-state index contributed by atoms with van der Waals surface area (Å²) in [7, 11) is 0. The Morgan fingerprint density at radius 2 is 1.38 bits per heavy atom. The smallest absolute Gasteiger partial charge is 0.176 e. The summed E-state index contributed by atoms with van der Waals surface area (Å²) in [6, 6.07) is 0. The van der Waals surface area contributed by atoms with Crippen molar-refractivity contribution in [3.63, 3.8) is 0 Å². The summed E-state index contributed by atoms with van der Waals surface area (Å²) >= 11 is 0. The summed E-state index contributed by atoms with van der Waals surface area (Å²) in [6.45, 7) is 3.41. The Morgan fingerprint density at radius 1 is 1.00 bits per heavy atom. The minimum absolute atomic E-state index is 0.0107. The third-order valence-corrected chi connectivity index (χ3v) is 2.78. The lowest BCUT2D eigenvalue weighted by atomic mass is 9.89. The molecule has 0 unspecified atom stereocenters. The fourth-order valence-corrected chi connectivity index (χ4v) is 1.88. The second kappa shape index (κ2) is 2.41. The van der Waals surface area contributed by atoms with E-state index in [4.69, 9.17) is 0 Å². The van der Waals surface area contributed by atoms with Crippen LogP contribution in [0.3, 0.4) is 0 Å². The van der Waals surface area contributed by atoms with Gasteiger partial charge in [0.05, 0.1) is 5.41 Å². The Balaban J connectivity index is 2.58. The van der Waals surface area contributed by atoms with Gasteiger partial charge in [-0.05, 0) is 26.7 Å². The topological polar surface area (TPSA) is 34.1 Å². The van der Waals surface area contributed by atoms with Crippen molar-refractivity contribution >= 4 is 11.6 Å². The van der Waals surface area contributed by atoms with E-state index in [0.29, 0.717) is 11.1 Å². The number of hydrogen-bond acceptors (Lipinski definition) is 2. The van der Waals surface area contributed by atoms with E-state index >= 15 is 0 Å². The molecule has 2 nitrogen and oxygen atoms in total. The van der Waals surface area contributed by atoms with Gasteiger partial charge in [-0.25, -0.2) is 0 Å². The van der Waals surface area contributed by atoms with Crippen LogP contribution in [-0.4, -0.2) is 11.6 Å². The second-order valence-electron chi connectivity index (χ2n) is 4.10. The molecular weight excluding hydrogens is 164 g/mol. The number of carbonyl (C=O) groups excluding carboxylic acids is 2. The zero-order valence-electron chi connectivity index (χ0n) is 7.89. The summed E-state index contributed by atoms with van der Waals surface area (Å²) in [5.74, 6) is -0.0214. The summed E-state index contributed by atoms with van der Waals surface area (Å²) < 4.78 is 0. The number of hydrogen-bond donors (Lipinski definition) is 0. The van der Waals surface area contributed by atoms with E-state index in [2.05, 4.69) is 0 Å². The molecule has 0 aromatic carbocycles. The van der Waals surface area contributed by atoms with Crippen molar-refractivity contribution < 1.29 is 9.59 Å². The highest BCUT2D eigenvalue weighted by Crippen LogP contribution is 2.39. The average molecular weight is 176 g/mol. The molecule has 2 aliphatic rings. The lowest BCUT2D eigenvalue weighted by Crippen LogP contribution is -2.25. The Morgan fingerprint density at radius 3 is 1.77 bits per heavy atom. The Labute approximate surface area is 77.3 Å². The standard InChI is InChI=1S/C11H12O2/c1-11(2)9(12)7-5-3-4-6-8(7)10(11)13/h5-6H,3-4H2,1-2H3. The van der Waals surface area contributed by atoms with Gasteiger partial charge in [0.2, 0.25) is 0 Å². The lowest BCUT2D eigenvalue weighted by molar-refractivity contribution is -0.130. The largest absolute Gasteiger partial charge is 0.293 e. The van der Waals surface area contributed by atoms with Crippen molar-refractivity contribution in [2.45, 2.75) is 26.7 Å². The first kappa shape index (κ1) is 8.42. The van der Waals surface area contributed by atoms with Gasteiger partial charge in [0.15, 0.2) is 11.6 Å². The molecular formula is C11H12O2. The van der Waals surface area contributed by atoms with E-state index in [1.54, 1.807) is 13.8 Å². The van der Waals surface area contributed by atoms with E-state index in [-0.39, 0.29) is 11.6 Å². The molecule has 0 heterocycles. The van der Waals surface area contributed by atoms with Crippen LogP contribution in [0.2, 0.25) is 0 Å². The van der Waals surface area contributed by atoms with E-state index in [1.807, 2.05) is 12.2 Å². The SMILES string of the molecule is CC1(C)C(=O)C2=CCCC=C2C1=O. The molecule has 0 spiro atoms. The summed E-state index contributed by atoms with van der Waals surface area (Å²) in [6.07, 6.45) is 5.55. The molecule has 0 aliphatic heterocycles. The second-order valence-corrected chi connectivity index (χ2v) is 4.10. The van der Waals surface area contributed by atoms with E-state index < -0.39 is 5.41 Å². The first-order valence-electron chi connectivity index (χ1n) is 4.55. The van der Waals surface area contributed by atoms with Gasteiger partial charge >= 0.3 is 0 Å². The van der Waals surface area contributed by atoms with Gasteiger partial charge in [0, 0.05) is 11.1 Å². The number of rotatable bonds is 0. The van der Waals surface area contributed by atoms with Crippen LogP contribution in [0.25, 0.3) is 0 Å². The third-order valence-electron chi connectivity index (χ3n) is 2.78. The van der Waals surface area contributed by atoms with Gasteiger partial charge in [0.1, 0.15) is 0 Å². The van der Waals surface area contributed by atoms with Crippen LogP contribution in [0.15, 0.2) is 23.3 Å². The zero-order valence-corrected chi connectivity index (χ0v) is 7.89. The fraction of sp³-hybridized carbons (Fsp3) is 0.455. The molecule has 0 saturated heterocycles. The molecule has 0 radical (unpaired) electrons. The number of Topliss-reactive ketones (excluding diaryl/α,β-unsaturated/α-hetero) is 2. The minimum Gasteiger partial charge on any atom is -0.293 e. The molecule has 1 fully saturated rings. The zero-order chi connectivity index (χ0) is 9.64. The number of carbonyl (C=O) groups is 2. The molecule has 2 heteroatoms. The van der Waals surface area contributed by atoms with Gasteiger partial charge in [0.25, 0.3) is 0 Å². The first-order valence-corrected chi connectivity index (χ1v) is 4.55. The van der Waals surface area contributed by atoms with Gasteiger partial charge in [-0.3, -0.25) is 9.59 Å². The predicted molar refractivity (Wildman–Crippen MR) is 49.2 cm³/mol. The summed E-state index contributed by atoms with van der Waals surface area (Å²) in [5, 5.41) is 0. The van der Waals surface area contributed by atoms with Gasteiger partial charge in [-0.15, -0.1) is 0 Å². The molecule has 2 rings (SSSR count). The highest BCUT2D eigenvalue weighted by molar-refractivity contribution is 6.31. The van der Waals surface area contributed by atoms with Crippen molar-refractivity contribution in [3.8, 4) is 0 Å². The van der Waals surface area contributed by atoms with Crippen LogP contribution in [0, 0.1) is 5.41 Å². The molecule has 0 atom stereocenters. The van der Waals surface area contributed by atoms with Crippen molar-refractivity contribution in [3.05, 3.63) is 23.3 Å². The lowest BCUT2D eigenvalue weighted by Gasteiger charge is -2.10. The maximum Gasteiger partial charge on any atom is 0.176 e. The molecule has 0 N–H and O–H groups in total. The highest BCUT2D eigenvalue weighted by Gasteiger charge is 2.48. The minimum atomic E-state index is -0.817. The maximum atomic E-state index is 11.7. The van der Waals surface area contributed by atoms with Crippen LogP contribution < -0.4 is 0 Å². The van der Waals surface area contributed by atoms with Gasteiger partial charge in [-0.2, -0.15) is 0 Å². The first-order chi connectivity index (χ1) is 6.05. The number of ketones is 2. The van der Waals surface area contributed by atoms with E-state index in [0.717, 1.165) is 12.8 Å². The molecule has 1 saturated carbocycles. The normalized spacial score (nSPS) is 25.4. The van der Waals surface area contributed by atoms with Crippen LogP contribution in [-0.2, 0) is 9.59 Å². The molecule has 0 bridgehead atoms. The monoisotopic (exact) mass is 176 g/mol. The van der Waals surface area contributed by atoms with Crippen LogP contribution >= 0.6 is 0 Å². The van der Waals surface area contributed by atoms with Gasteiger partial charge < -0.3 is 0 Å². The molecule has 2 aliphatic carbocycles. The Kier molecular flexibility index (Phi) is 1.56. The van der Waals surface area contributed by atoms with Crippen molar-refractivity contribution in [2.24, 2.45) is 5.41 Å². The fourth-order valence-electron chi connectivity index (χ4n) is 1.88. The number of fused-ring (bicyclic) bond motifs is 1. The van der Waals surface area contributed by atoms with Crippen molar-refractivity contribution in [1.29, 1.82) is 0 Å². The predicted octanol–water partition coefficient (Wildman–Crippen LogP) is 1.81. The quantitative estimate of drug-likeness (QED) is 0.527. The van der Waals surface area contributed by atoms with Crippen molar-refractivity contribution in [2.75, 3.05) is 0 Å².